The van der Waals surface area contributed by atoms with Crippen LogP contribution < -0.4 is 5.32 Å². The summed E-state index contributed by atoms with van der Waals surface area (Å²) < 4.78 is 0. The van der Waals surface area contributed by atoms with E-state index in [-0.39, 0.29) is 11.9 Å². The number of hydrogen-bond donors (Lipinski definition) is 2. The molecule has 1 fully saturated rings. The van der Waals surface area contributed by atoms with Crippen molar-refractivity contribution in [3.8, 4) is 0 Å². The summed E-state index contributed by atoms with van der Waals surface area (Å²) in [7, 11) is 0. The van der Waals surface area contributed by atoms with E-state index in [2.05, 4.69) is 5.32 Å². The molecule has 1 saturated heterocycles. The summed E-state index contributed by atoms with van der Waals surface area (Å²) in [6, 6.07) is 4.00. The molecule has 2 rings (SSSR count). The molecule has 0 aliphatic carbocycles. The Hall–Kier alpha value is -1.40. The zero-order valence-corrected chi connectivity index (χ0v) is 13.3. The maximum absolute atomic E-state index is 12.0. The Balaban J connectivity index is 1.78. The second kappa shape index (κ2) is 6.58. The Morgan fingerprint density at radius 3 is 2.67 bits per heavy atom. The van der Waals surface area contributed by atoms with Crippen LogP contribution in [0.1, 0.15) is 37.6 Å². The number of amides is 1. The van der Waals surface area contributed by atoms with E-state index in [0.717, 1.165) is 4.88 Å². The Bertz CT molecular complexity index is 493. The topological polar surface area (TPSA) is 69.6 Å². The standard InChI is InChI=1S/C15H22N2O3S/c1-11(12-4-3-9-21-12)16-13(18)10-17-7-5-15(2,6-8-17)14(19)20/h3-4,9,11H,5-8,10H2,1-2H3,(H,16,18)(H,19,20). The largest absolute Gasteiger partial charge is 0.481 e. The molecule has 1 aromatic rings. The first-order valence-corrected chi connectivity index (χ1v) is 8.07. The van der Waals surface area contributed by atoms with Gasteiger partial charge in [0.25, 0.3) is 0 Å². The molecule has 2 heterocycles. The Morgan fingerprint density at radius 1 is 1.48 bits per heavy atom. The lowest BCUT2D eigenvalue weighted by Crippen LogP contribution is -2.46. The molecule has 1 unspecified atom stereocenters. The van der Waals surface area contributed by atoms with Crippen molar-refractivity contribution < 1.29 is 14.7 Å². The van der Waals surface area contributed by atoms with Crippen LogP contribution in [0.25, 0.3) is 0 Å². The van der Waals surface area contributed by atoms with E-state index < -0.39 is 11.4 Å². The smallest absolute Gasteiger partial charge is 0.309 e. The monoisotopic (exact) mass is 310 g/mol. The van der Waals surface area contributed by atoms with Crippen LogP contribution in [0, 0.1) is 5.41 Å². The van der Waals surface area contributed by atoms with E-state index >= 15 is 0 Å². The highest BCUT2D eigenvalue weighted by Gasteiger charge is 2.37. The van der Waals surface area contributed by atoms with Crippen LogP contribution in [0.2, 0.25) is 0 Å². The summed E-state index contributed by atoms with van der Waals surface area (Å²) in [5, 5.41) is 14.2. The number of thiophene rings is 1. The molecule has 116 valence electrons. The summed E-state index contributed by atoms with van der Waals surface area (Å²) in [6.07, 6.45) is 1.19. The molecule has 1 aliphatic heterocycles. The first-order valence-electron chi connectivity index (χ1n) is 7.19. The van der Waals surface area contributed by atoms with Crippen molar-refractivity contribution in [2.75, 3.05) is 19.6 Å². The van der Waals surface area contributed by atoms with Crippen LogP contribution in [-0.4, -0.2) is 41.5 Å². The third kappa shape index (κ3) is 4.04. The summed E-state index contributed by atoms with van der Waals surface area (Å²) in [5.41, 5.74) is -0.642. The molecule has 5 nitrogen and oxygen atoms in total. The Labute approximate surface area is 129 Å². The van der Waals surface area contributed by atoms with E-state index in [4.69, 9.17) is 0 Å². The summed E-state index contributed by atoms with van der Waals surface area (Å²) in [4.78, 5) is 26.4. The Kier molecular flexibility index (Phi) is 5.00. The normalized spacial score (nSPS) is 19.9. The highest BCUT2D eigenvalue weighted by molar-refractivity contribution is 7.10. The minimum absolute atomic E-state index is 0.00479. The Morgan fingerprint density at radius 2 is 2.14 bits per heavy atom. The number of hydrogen-bond acceptors (Lipinski definition) is 4. The molecule has 21 heavy (non-hydrogen) atoms. The number of nitrogens with one attached hydrogen (secondary N) is 1. The molecule has 1 aliphatic rings. The molecule has 0 bridgehead atoms. The third-order valence-electron chi connectivity index (χ3n) is 4.19. The van der Waals surface area contributed by atoms with E-state index in [1.165, 1.54) is 0 Å². The minimum Gasteiger partial charge on any atom is -0.481 e. The summed E-state index contributed by atoms with van der Waals surface area (Å²) in [5.74, 6) is -0.743. The molecule has 1 atom stereocenters. The van der Waals surface area contributed by atoms with Crippen molar-refractivity contribution in [2.45, 2.75) is 32.7 Å². The van der Waals surface area contributed by atoms with Crippen LogP contribution in [-0.2, 0) is 9.59 Å². The van der Waals surface area contributed by atoms with Crippen LogP contribution >= 0.6 is 11.3 Å². The van der Waals surface area contributed by atoms with Crippen molar-refractivity contribution in [2.24, 2.45) is 5.41 Å². The summed E-state index contributed by atoms with van der Waals surface area (Å²) in [6.45, 7) is 5.41. The van der Waals surface area contributed by atoms with E-state index in [9.17, 15) is 14.7 Å². The molecule has 0 saturated carbocycles. The van der Waals surface area contributed by atoms with Crippen molar-refractivity contribution >= 4 is 23.2 Å². The fourth-order valence-electron chi connectivity index (χ4n) is 2.52. The zero-order valence-electron chi connectivity index (χ0n) is 12.5. The SMILES string of the molecule is CC(NC(=O)CN1CCC(C)(C(=O)O)CC1)c1cccs1. The number of carbonyl (C=O) groups excluding carboxylic acids is 1. The molecular formula is C15H22N2O3S. The quantitative estimate of drug-likeness (QED) is 0.874. The van der Waals surface area contributed by atoms with Gasteiger partial charge in [-0.2, -0.15) is 0 Å². The number of nitrogens with zero attached hydrogens (tertiary/aromatic N) is 1. The zero-order chi connectivity index (χ0) is 15.5. The summed E-state index contributed by atoms with van der Waals surface area (Å²) >= 11 is 1.63. The lowest BCUT2D eigenvalue weighted by molar-refractivity contribution is -0.150. The molecule has 2 N–H and O–H groups in total. The number of carboxylic acid groups (broad SMARTS) is 1. The van der Waals surface area contributed by atoms with Gasteiger partial charge in [0.2, 0.25) is 5.91 Å². The first-order chi connectivity index (χ1) is 9.90. The number of carboxylic acids is 1. The van der Waals surface area contributed by atoms with E-state index in [1.807, 2.05) is 29.3 Å². The third-order valence-corrected chi connectivity index (χ3v) is 5.25. The predicted molar refractivity (Wildman–Crippen MR) is 82.3 cm³/mol. The lowest BCUT2D eigenvalue weighted by Gasteiger charge is -2.36. The molecular weight excluding hydrogens is 288 g/mol. The van der Waals surface area contributed by atoms with Gasteiger partial charge in [0, 0.05) is 4.88 Å². The van der Waals surface area contributed by atoms with Crippen molar-refractivity contribution in [3.05, 3.63) is 22.4 Å². The van der Waals surface area contributed by atoms with Crippen LogP contribution in [0.15, 0.2) is 17.5 Å². The second-order valence-electron chi connectivity index (χ2n) is 5.95. The van der Waals surface area contributed by atoms with Gasteiger partial charge in [0.1, 0.15) is 0 Å². The van der Waals surface area contributed by atoms with Gasteiger partial charge >= 0.3 is 5.97 Å². The minimum atomic E-state index is -0.738. The van der Waals surface area contributed by atoms with Gasteiger partial charge < -0.3 is 10.4 Å². The maximum Gasteiger partial charge on any atom is 0.309 e. The van der Waals surface area contributed by atoms with Gasteiger partial charge in [-0.25, -0.2) is 0 Å². The van der Waals surface area contributed by atoms with Crippen molar-refractivity contribution in [1.82, 2.24) is 10.2 Å². The van der Waals surface area contributed by atoms with Gasteiger partial charge in [-0.3, -0.25) is 14.5 Å². The molecule has 0 radical (unpaired) electrons. The number of carbonyl (C=O) groups is 2. The van der Waals surface area contributed by atoms with Crippen LogP contribution in [0.4, 0.5) is 0 Å². The molecule has 0 spiro atoms. The van der Waals surface area contributed by atoms with Gasteiger partial charge in [-0.15, -0.1) is 11.3 Å². The van der Waals surface area contributed by atoms with Crippen molar-refractivity contribution in [3.63, 3.8) is 0 Å². The highest BCUT2D eigenvalue weighted by Crippen LogP contribution is 2.30. The molecule has 1 amide bonds. The van der Waals surface area contributed by atoms with Gasteiger partial charge in [0.15, 0.2) is 0 Å². The van der Waals surface area contributed by atoms with Gasteiger partial charge in [-0.05, 0) is 51.2 Å². The first kappa shape index (κ1) is 16.0. The second-order valence-corrected chi connectivity index (χ2v) is 6.93. The predicted octanol–water partition coefficient (Wildman–Crippen LogP) is 2.11. The maximum atomic E-state index is 12.0. The number of likely N-dealkylation sites (tertiary alicyclic amines) is 1. The fraction of sp³-hybridized carbons (Fsp3) is 0.600. The van der Waals surface area contributed by atoms with Gasteiger partial charge in [-0.1, -0.05) is 6.07 Å². The molecule has 0 aromatic carbocycles. The molecule has 6 heteroatoms. The van der Waals surface area contributed by atoms with Crippen LogP contribution in [0.5, 0.6) is 0 Å². The average molecular weight is 310 g/mol. The van der Waals surface area contributed by atoms with Crippen molar-refractivity contribution in [1.29, 1.82) is 0 Å². The number of rotatable bonds is 5. The van der Waals surface area contributed by atoms with E-state index in [1.54, 1.807) is 18.3 Å². The highest BCUT2D eigenvalue weighted by atomic mass is 32.1. The van der Waals surface area contributed by atoms with Gasteiger partial charge in [0.05, 0.1) is 18.0 Å². The van der Waals surface area contributed by atoms with Crippen LogP contribution in [0.3, 0.4) is 0 Å². The number of piperidine rings is 1. The van der Waals surface area contributed by atoms with E-state index in [0.29, 0.717) is 32.5 Å². The fourth-order valence-corrected chi connectivity index (χ4v) is 3.25. The average Bonchev–Trinajstić information content (AvgIpc) is 2.95. The lowest BCUT2D eigenvalue weighted by atomic mass is 9.80. The number of aliphatic carboxylic acids is 1. The molecule has 1 aromatic heterocycles.